The van der Waals surface area contributed by atoms with Crippen LogP contribution in [0.2, 0.25) is 0 Å². The van der Waals surface area contributed by atoms with Crippen LogP contribution in [0.4, 0.5) is 11.6 Å². The summed E-state index contributed by atoms with van der Waals surface area (Å²) < 4.78 is 7.33. The minimum absolute atomic E-state index is 0.148. The van der Waals surface area contributed by atoms with E-state index in [4.69, 9.17) is 10.2 Å². The molecule has 1 aromatic carbocycles. The van der Waals surface area contributed by atoms with Crippen LogP contribution in [0.25, 0.3) is 16.9 Å². The third kappa shape index (κ3) is 2.84. The van der Waals surface area contributed by atoms with Gasteiger partial charge in [-0.15, -0.1) is 5.10 Å². The number of nitrogen functional groups attached to an aromatic ring is 1. The number of amides is 1. The Kier molecular flexibility index (Phi) is 3.58. The molecule has 1 fully saturated rings. The highest BCUT2D eigenvalue weighted by molar-refractivity contribution is 5.94. The molecule has 0 atom stereocenters. The third-order valence-corrected chi connectivity index (χ3v) is 5.02. The maximum absolute atomic E-state index is 12.6. The lowest BCUT2D eigenvalue weighted by Crippen LogP contribution is -2.17. The highest BCUT2D eigenvalue weighted by Gasteiger charge is 2.29. The molecule has 0 aliphatic heterocycles. The number of hydrogen-bond donors (Lipinski definition) is 2. The fraction of sp³-hybridized carbons (Fsp3) is 0.316. The summed E-state index contributed by atoms with van der Waals surface area (Å²) in [4.78, 5) is 25.6. The number of carbonyl (C=O) groups excluding carboxylic acids is 1. The van der Waals surface area contributed by atoms with Gasteiger partial charge in [-0.05, 0) is 44.9 Å². The standard InChI is InChI=1S/C19H19N7O2/c1-9-13(10(2)26-19(21-9)24-18(20)25-26)8-16(27)22-12-5-6-15-14(7-12)23-17(28-15)11-3-4-11/h5-7,11H,3-4,8H2,1-2H3,(H2,20,25)(H,22,27). The molecule has 1 amide bonds. The Morgan fingerprint density at radius 1 is 1.29 bits per heavy atom. The molecule has 1 aliphatic rings. The molecule has 0 spiro atoms. The summed E-state index contributed by atoms with van der Waals surface area (Å²) >= 11 is 0. The predicted octanol–water partition coefficient (Wildman–Crippen LogP) is 2.52. The van der Waals surface area contributed by atoms with E-state index in [1.54, 1.807) is 4.52 Å². The Balaban J connectivity index is 1.38. The van der Waals surface area contributed by atoms with Crippen LogP contribution in [0, 0.1) is 13.8 Å². The molecule has 1 saturated carbocycles. The molecule has 0 bridgehead atoms. The molecule has 0 radical (unpaired) electrons. The zero-order chi connectivity index (χ0) is 19.4. The van der Waals surface area contributed by atoms with E-state index in [-0.39, 0.29) is 18.3 Å². The lowest BCUT2D eigenvalue weighted by molar-refractivity contribution is -0.115. The van der Waals surface area contributed by atoms with Crippen molar-refractivity contribution in [1.29, 1.82) is 0 Å². The second kappa shape index (κ2) is 6.01. The molecule has 3 aromatic heterocycles. The van der Waals surface area contributed by atoms with Crippen LogP contribution < -0.4 is 11.1 Å². The van der Waals surface area contributed by atoms with Crippen molar-refractivity contribution < 1.29 is 9.21 Å². The molecule has 3 N–H and O–H groups in total. The SMILES string of the molecule is Cc1nc2nc(N)nn2c(C)c1CC(=O)Nc1ccc2oc(C3CC3)nc2c1. The van der Waals surface area contributed by atoms with Crippen molar-refractivity contribution in [2.75, 3.05) is 11.1 Å². The van der Waals surface area contributed by atoms with Gasteiger partial charge < -0.3 is 15.5 Å². The molecule has 3 heterocycles. The number of anilines is 2. The van der Waals surface area contributed by atoms with E-state index in [2.05, 4.69) is 25.4 Å². The van der Waals surface area contributed by atoms with E-state index in [0.717, 1.165) is 46.8 Å². The molecule has 1 aliphatic carbocycles. The predicted molar refractivity (Wildman–Crippen MR) is 103 cm³/mol. The number of oxazole rings is 1. The van der Waals surface area contributed by atoms with E-state index in [1.165, 1.54) is 0 Å². The van der Waals surface area contributed by atoms with Gasteiger partial charge in [0.2, 0.25) is 11.9 Å². The molecule has 5 rings (SSSR count). The van der Waals surface area contributed by atoms with Crippen LogP contribution in [0.1, 0.15) is 41.6 Å². The Morgan fingerprint density at radius 2 is 2.11 bits per heavy atom. The number of aryl methyl sites for hydroxylation is 2. The van der Waals surface area contributed by atoms with E-state index in [1.807, 2.05) is 32.0 Å². The van der Waals surface area contributed by atoms with Crippen molar-refractivity contribution in [3.8, 4) is 0 Å². The van der Waals surface area contributed by atoms with E-state index < -0.39 is 0 Å². The zero-order valence-electron chi connectivity index (χ0n) is 15.6. The first-order chi connectivity index (χ1) is 13.5. The smallest absolute Gasteiger partial charge is 0.254 e. The topological polar surface area (TPSA) is 124 Å². The van der Waals surface area contributed by atoms with Crippen molar-refractivity contribution in [3.05, 3.63) is 41.0 Å². The first kappa shape index (κ1) is 16.7. The van der Waals surface area contributed by atoms with Crippen LogP contribution in [-0.2, 0) is 11.2 Å². The number of nitrogens with zero attached hydrogens (tertiary/aromatic N) is 5. The largest absolute Gasteiger partial charge is 0.440 e. The van der Waals surface area contributed by atoms with Gasteiger partial charge in [0.25, 0.3) is 5.78 Å². The first-order valence-corrected chi connectivity index (χ1v) is 9.16. The number of nitrogens with two attached hydrogens (primary N) is 1. The van der Waals surface area contributed by atoms with Gasteiger partial charge in [-0.1, -0.05) is 0 Å². The quantitative estimate of drug-likeness (QED) is 0.560. The van der Waals surface area contributed by atoms with Crippen molar-refractivity contribution >= 4 is 34.4 Å². The van der Waals surface area contributed by atoms with Crippen molar-refractivity contribution in [2.45, 2.75) is 39.0 Å². The Morgan fingerprint density at radius 3 is 2.89 bits per heavy atom. The van der Waals surface area contributed by atoms with Crippen LogP contribution in [0.3, 0.4) is 0 Å². The fourth-order valence-corrected chi connectivity index (χ4v) is 3.37. The van der Waals surface area contributed by atoms with Crippen LogP contribution in [0.5, 0.6) is 0 Å². The van der Waals surface area contributed by atoms with Crippen molar-refractivity contribution in [1.82, 2.24) is 24.6 Å². The minimum Gasteiger partial charge on any atom is -0.440 e. The number of rotatable bonds is 4. The lowest BCUT2D eigenvalue weighted by Gasteiger charge is -2.10. The fourth-order valence-electron chi connectivity index (χ4n) is 3.37. The van der Waals surface area contributed by atoms with E-state index in [9.17, 15) is 4.79 Å². The van der Waals surface area contributed by atoms with Gasteiger partial charge in [0.15, 0.2) is 11.5 Å². The van der Waals surface area contributed by atoms with Gasteiger partial charge in [-0.2, -0.15) is 9.50 Å². The average molecular weight is 377 g/mol. The molecule has 0 unspecified atom stereocenters. The van der Waals surface area contributed by atoms with Gasteiger partial charge >= 0.3 is 0 Å². The summed E-state index contributed by atoms with van der Waals surface area (Å²) in [7, 11) is 0. The molecule has 142 valence electrons. The lowest BCUT2D eigenvalue weighted by atomic mass is 10.1. The Hall–Kier alpha value is -3.49. The van der Waals surface area contributed by atoms with Gasteiger partial charge in [-0.3, -0.25) is 4.79 Å². The van der Waals surface area contributed by atoms with E-state index >= 15 is 0 Å². The molecular formula is C19H19N7O2. The van der Waals surface area contributed by atoms with E-state index in [0.29, 0.717) is 17.4 Å². The maximum Gasteiger partial charge on any atom is 0.254 e. The summed E-state index contributed by atoms with van der Waals surface area (Å²) in [5, 5.41) is 7.06. The Bertz CT molecular complexity index is 1240. The monoisotopic (exact) mass is 377 g/mol. The molecule has 9 nitrogen and oxygen atoms in total. The highest BCUT2D eigenvalue weighted by Crippen LogP contribution is 2.40. The summed E-state index contributed by atoms with van der Waals surface area (Å²) in [6.45, 7) is 3.72. The zero-order valence-corrected chi connectivity index (χ0v) is 15.6. The van der Waals surface area contributed by atoms with Crippen LogP contribution in [-0.4, -0.2) is 30.5 Å². The molecule has 28 heavy (non-hydrogen) atoms. The number of nitrogens with one attached hydrogen (secondary N) is 1. The van der Waals surface area contributed by atoms with Crippen molar-refractivity contribution in [3.63, 3.8) is 0 Å². The van der Waals surface area contributed by atoms with Crippen LogP contribution in [0.15, 0.2) is 22.6 Å². The molecule has 4 aromatic rings. The minimum atomic E-state index is -0.148. The summed E-state index contributed by atoms with van der Waals surface area (Å²) in [6, 6.07) is 5.50. The Labute approximate surface area is 160 Å². The second-order valence-electron chi connectivity index (χ2n) is 7.18. The number of aromatic nitrogens is 5. The maximum atomic E-state index is 12.6. The number of carbonyl (C=O) groups is 1. The van der Waals surface area contributed by atoms with Crippen molar-refractivity contribution in [2.24, 2.45) is 0 Å². The average Bonchev–Trinajstić information content (AvgIpc) is 3.31. The first-order valence-electron chi connectivity index (χ1n) is 9.16. The third-order valence-electron chi connectivity index (χ3n) is 5.02. The normalized spacial score (nSPS) is 14.1. The summed E-state index contributed by atoms with van der Waals surface area (Å²) in [5.41, 5.74) is 10.2. The van der Waals surface area contributed by atoms with Gasteiger partial charge in [0.1, 0.15) is 5.52 Å². The van der Waals surface area contributed by atoms with Gasteiger partial charge in [0, 0.05) is 28.6 Å². The highest BCUT2D eigenvalue weighted by atomic mass is 16.3. The molecule has 9 heteroatoms. The second-order valence-corrected chi connectivity index (χ2v) is 7.18. The number of fused-ring (bicyclic) bond motifs is 2. The number of hydrogen-bond acceptors (Lipinski definition) is 7. The van der Waals surface area contributed by atoms with Gasteiger partial charge in [-0.25, -0.2) is 9.97 Å². The van der Waals surface area contributed by atoms with Crippen LogP contribution >= 0.6 is 0 Å². The molecular weight excluding hydrogens is 358 g/mol. The summed E-state index contributed by atoms with van der Waals surface area (Å²) in [5.74, 6) is 1.68. The molecule has 0 saturated heterocycles. The van der Waals surface area contributed by atoms with Gasteiger partial charge in [0.05, 0.1) is 6.42 Å². The summed E-state index contributed by atoms with van der Waals surface area (Å²) in [6.07, 6.45) is 2.43. The number of benzene rings is 1.